The maximum absolute atomic E-state index is 5.37. The Kier molecular flexibility index (Phi) is 4.43. The van der Waals surface area contributed by atoms with Crippen molar-refractivity contribution in [3.8, 4) is 0 Å². The third kappa shape index (κ3) is 3.35. The fourth-order valence-electron chi connectivity index (χ4n) is 2.27. The Balaban J connectivity index is 1.69. The van der Waals surface area contributed by atoms with Gasteiger partial charge in [-0.1, -0.05) is 6.92 Å². The molecule has 2 rings (SSSR count). The first-order valence-electron chi connectivity index (χ1n) is 6.36. The van der Waals surface area contributed by atoms with E-state index in [9.17, 15) is 0 Å². The molecule has 1 N–H and O–H groups in total. The average Bonchev–Trinajstić information content (AvgIpc) is 2.81. The third-order valence-electron chi connectivity index (χ3n) is 3.23. The highest BCUT2D eigenvalue weighted by molar-refractivity contribution is 4.98. The van der Waals surface area contributed by atoms with Crippen molar-refractivity contribution in [1.82, 2.24) is 10.2 Å². The lowest BCUT2D eigenvalue weighted by Crippen LogP contribution is -2.42. The number of rotatable bonds is 5. The summed E-state index contributed by atoms with van der Waals surface area (Å²) in [5.41, 5.74) is 0. The summed E-state index contributed by atoms with van der Waals surface area (Å²) in [5, 5.41) is 3.60. The van der Waals surface area contributed by atoms with Crippen LogP contribution in [0.2, 0.25) is 0 Å². The smallest absolute Gasteiger partial charge is 0.117 e. The predicted molar refractivity (Wildman–Crippen MR) is 65.3 cm³/mol. The van der Waals surface area contributed by atoms with Crippen molar-refractivity contribution >= 4 is 0 Å². The first kappa shape index (κ1) is 11.7. The summed E-state index contributed by atoms with van der Waals surface area (Å²) in [4.78, 5) is 2.48. The molecule has 0 saturated carbocycles. The van der Waals surface area contributed by atoms with Gasteiger partial charge < -0.3 is 9.73 Å². The Labute approximate surface area is 97.8 Å². The fourth-order valence-corrected chi connectivity index (χ4v) is 2.27. The van der Waals surface area contributed by atoms with E-state index in [-0.39, 0.29) is 0 Å². The Bertz CT molecular complexity index is 276. The van der Waals surface area contributed by atoms with Crippen LogP contribution in [0.4, 0.5) is 0 Å². The van der Waals surface area contributed by atoms with Gasteiger partial charge >= 0.3 is 0 Å². The summed E-state index contributed by atoms with van der Waals surface area (Å²) >= 11 is 0. The summed E-state index contributed by atoms with van der Waals surface area (Å²) < 4.78 is 5.37. The van der Waals surface area contributed by atoms with Crippen molar-refractivity contribution in [2.24, 2.45) is 0 Å². The van der Waals surface area contributed by atoms with Crippen molar-refractivity contribution in [3.63, 3.8) is 0 Å². The molecule has 0 radical (unpaired) electrons. The third-order valence-corrected chi connectivity index (χ3v) is 3.23. The quantitative estimate of drug-likeness (QED) is 0.828. The van der Waals surface area contributed by atoms with E-state index >= 15 is 0 Å². The van der Waals surface area contributed by atoms with Crippen molar-refractivity contribution in [1.29, 1.82) is 0 Å². The number of piperidine rings is 1. The zero-order chi connectivity index (χ0) is 11.2. The van der Waals surface area contributed by atoms with Gasteiger partial charge in [0.05, 0.1) is 12.8 Å². The van der Waals surface area contributed by atoms with Gasteiger partial charge in [-0.05, 0) is 37.9 Å². The standard InChI is InChI=1S/C13H22N2O/c1-2-7-14-12-5-8-15(9-6-12)11-13-4-3-10-16-13/h3-4,10,12,14H,2,5-9,11H2,1H3. The van der Waals surface area contributed by atoms with Gasteiger partial charge in [0.25, 0.3) is 0 Å². The second kappa shape index (κ2) is 6.06. The first-order chi connectivity index (χ1) is 7.88. The number of hydrogen-bond donors (Lipinski definition) is 1. The van der Waals surface area contributed by atoms with Gasteiger partial charge in [-0.25, -0.2) is 0 Å². The lowest BCUT2D eigenvalue weighted by atomic mass is 10.0. The van der Waals surface area contributed by atoms with Crippen molar-refractivity contribution < 1.29 is 4.42 Å². The lowest BCUT2D eigenvalue weighted by Gasteiger charge is -2.31. The van der Waals surface area contributed by atoms with Gasteiger partial charge in [0.2, 0.25) is 0 Å². The number of nitrogens with one attached hydrogen (secondary N) is 1. The summed E-state index contributed by atoms with van der Waals surface area (Å²) in [6.45, 7) is 6.71. The molecule has 0 spiro atoms. The van der Waals surface area contributed by atoms with Crippen molar-refractivity contribution in [3.05, 3.63) is 24.2 Å². The predicted octanol–water partition coefficient (Wildman–Crippen LogP) is 2.24. The van der Waals surface area contributed by atoms with Crippen LogP contribution in [-0.2, 0) is 6.54 Å². The van der Waals surface area contributed by atoms with Crippen molar-refractivity contribution in [2.75, 3.05) is 19.6 Å². The van der Waals surface area contributed by atoms with E-state index in [2.05, 4.69) is 23.2 Å². The first-order valence-corrected chi connectivity index (χ1v) is 6.36. The van der Waals surface area contributed by atoms with E-state index in [4.69, 9.17) is 4.42 Å². The molecular weight excluding hydrogens is 200 g/mol. The van der Waals surface area contributed by atoms with Crippen LogP contribution >= 0.6 is 0 Å². The van der Waals surface area contributed by atoms with Gasteiger partial charge in [0, 0.05) is 19.1 Å². The minimum Gasteiger partial charge on any atom is -0.468 e. The van der Waals surface area contributed by atoms with E-state index in [1.807, 2.05) is 6.07 Å². The lowest BCUT2D eigenvalue weighted by molar-refractivity contribution is 0.179. The van der Waals surface area contributed by atoms with Crippen LogP contribution in [-0.4, -0.2) is 30.6 Å². The van der Waals surface area contributed by atoms with E-state index in [0.717, 1.165) is 24.9 Å². The molecule has 0 bridgehead atoms. The molecule has 3 nitrogen and oxygen atoms in total. The van der Waals surface area contributed by atoms with Gasteiger partial charge in [0.15, 0.2) is 0 Å². The van der Waals surface area contributed by atoms with Gasteiger partial charge in [-0.3, -0.25) is 4.90 Å². The molecule has 0 aliphatic carbocycles. The van der Waals surface area contributed by atoms with Crippen LogP contribution in [0.1, 0.15) is 31.9 Å². The van der Waals surface area contributed by atoms with Crippen LogP contribution in [0.15, 0.2) is 22.8 Å². The molecule has 1 aliphatic heterocycles. The average molecular weight is 222 g/mol. The molecule has 2 heterocycles. The zero-order valence-corrected chi connectivity index (χ0v) is 10.1. The maximum Gasteiger partial charge on any atom is 0.117 e. The normalized spacial score (nSPS) is 19.1. The topological polar surface area (TPSA) is 28.4 Å². The molecule has 0 amide bonds. The maximum atomic E-state index is 5.37. The molecule has 1 aliphatic rings. The minimum absolute atomic E-state index is 0.729. The number of likely N-dealkylation sites (tertiary alicyclic amines) is 1. The Morgan fingerprint density at radius 2 is 2.25 bits per heavy atom. The summed E-state index contributed by atoms with van der Waals surface area (Å²) in [6.07, 6.45) is 5.51. The molecule has 90 valence electrons. The second-order valence-electron chi connectivity index (χ2n) is 4.58. The largest absolute Gasteiger partial charge is 0.468 e. The van der Waals surface area contributed by atoms with Gasteiger partial charge in [0.1, 0.15) is 5.76 Å². The Morgan fingerprint density at radius 3 is 2.88 bits per heavy atom. The molecule has 1 fully saturated rings. The van der Waals surface area contributed by atoms with Crippen LogP contribution < -0.4 is 5.32 Å². The molecule has 0 unspecified atom stereocenters. The highest BCUT2D eigenvalue weighted by atomic mass is 16.3. The second-order valence-corrected chi connectivity index (χ2v) is 4.58. The monoisotopic (exact) mass is 222 g/mol. The molecule has 0 aromatic carbocycles. The summed E-state index contributed by atoms with van der Waals surface area (Å²) in [7, 11) is 0. The molecule has 1 aromatic heterocycles. The molecule has 16 heavy (non-hydrogen) atoms. The van der Waals surface area contributed by atoms with Crippen LogP contribution in [0, 0.1) is 0 Å². The highest BCUT2D eigenvalue weighted by Crippen LogP contribution is 2.13. The zero-order valence-electron chi connectivity index (χ0n) is 10.1. The van der Waals surface area contributed by atoms with Crippen LogP contribution in [0.3, 0.4) is 0 Å². The Hall–Kier alpha value is -0.800. The van der Waals surface area contributed by atoms with Gasteiger partial charge in [-0.15, -0.1) is 0 Å². The molecule has 0 atom stereocenters. The van der Waals surface area contributed by atoms with E-state index in [0.29, 0.717) is 0 Å². The van der Waals surface area contributed by atoms with Crippen LogP contribution in [0.25, 0.3) is 0 Å². The van der Waals surface area contributed by atoms with E-state index < -0.39 is 0 Å². The molecule has 3 heteroatoms. The highest BCUT2D eigenvalue weighted by Gasteiger charge is 2.18. The van der Waals surface area contributed by atoms with Crippen molar-refractivity contribution in [2.45, 2.75) is 38.8 Å². The van der Waals surface area contributed by atoms with Crippen LogP contribution in [0.5, 0.6) is 0 Å². The van der Waals surface area contributed by atoms with E-state index in [1.165, 1.54) is 32.4 Å². The number of hydrogen-bond acceptors (Lipinski definition) is 3. The summed E-state index contributed by atoms with van der Waals surface area (Å²) in [6, 6.07) is 4.75. The molecule has 1 saturated heterocycles. The fraction of sp³-hybridized carbons (Fsp3) is 0.692. The number of nitrogens with zero attached hydrogens (tertiary/aromatic N) is 1. The Morgan fingerprint density at radius 1 is 1.44 bits per heavy atom. The molecule has 1 aromatic rings. The minimum atomic E-state index is 0.729. The van der Waals surface area contributed by atoms with E-state index in [1.54, 1.807) is 6.26 Å². The molecular formula is C13H22N2O. The van der Waals surface area contributed by atoms with Gasteiger partial charge in [-0.2, -0.15) is 0 Å². The SMILES string of the molecule is CCCNC1CCN(Cc2ccco2)CC1. The number of furan rings is 1. The summed E-state index contributed by atoms with van der Waals surface area (Å²) in [5.74, 6) is 1.08.